The molecule has 0 aliphatic rings. The molecule has 5 nitrogen and oxygen atoms in total. The van der Waals surface area contributed by atoms with Gasteiger partial charge in [0, 0.05) is 11.3 Å². The number of nitrogens with one attached hydrogen (secondary N) is 2. The predicted octanol–water partition coefficient (Wildman–Crippen LogP) is 4.10. The van der Waals surface area contributed by atoms with Crippen molar-refractivity contribution in [2.45, 2.75) is 40.7 Å². The Morgan fingerprint density at radius 2 is 1.67 bits per heavy atom. The van der Waals surface area contributed by atoms with Crippen molar-refractivity contribution in [3.05, 3.63) is 59.2 Å². The van der Waals surface area contributed by atoms with Crippen LogP contribution in [-0.4, -0.2) is 24.5 Å². The van der Waals surface area contributed by atoms with E-state index in [2.05, 4.69) is 10.6 Å². The van der Waals surface area contributed by atoms with Gasteiger partial charge >= 0.3 is 0 Å². The van der Waals surface area contributed by atoms with E-state index in [9.17, 15) is 9.59 Å². The molecule has 0 heterocycles. The average Bonchev–Trinajstić information content (AvgIpc) is 2.63. The number of anilines is 1. The zero-order valence-corrected chi connectivity index (χ0v) is 16.6. The first kappa shape index (κ1) is 20.5. The largest absolute Gasteiger partial charge is 0.494 e. The molecule has 0 radical (unpaired) electrons. The number of hydrogen-bond acceptors (Lipinski definition) is 3. The molecular formula is C22H28N2O3. The van der Waals surface area contributed by atoms with Crippen molar-refractivity contribution in [1.29, 1.82) is 0 Å². The summed E-state index contributed by atoms with van der Waals surface area (Å²) in [4.78, 5) is 25.3. The highest BCUT2D eigenvalue weighted by atomic mass is 16.5. The van der Waals surface area contributed by atoms with Crippen LogP contribution in [0.15, 0.2) is 42.5 Å². The van der Waals surface area contributed by atoms with Gasteiger partial charge in [0.05, 0.1) is 6.61 Å². The maximum atomic E-state index is 12.7. The van der Waals surface area contributed by atoms with E-state index >= 15 is 0 Å². The van der Waals surface area contributed by atoms with Crippen LogP contribution in [-0.2, 0) is 4.79 Å². The van der Waals surface area contributed by atoms with Crippen LogP contribution in [0.1, 0.15) is 42.3 Å². The average molecular weight is 368 g/mol. The lowest BCUT2D eigenvalue weighted by Gasteiger charge is -2.22. The molecule has 2 N–H and O–H groups in total. The van der Waals surface area contributed by atoms with Crippen LogP contribution in [0.25, 0.3) is 0 Å². The van der Waals surface area contributed by atoms with Crippen LogP contribution in [0.5, 0.6) is 5.75 Å². The summed E-state index contributed by atoms with van der Waals surface area (Å²) in [6.07, 6.45) is 0. The molecule has 2 aromatic rings. The SMILES string of the molecule is CCOc1ccc(C(=O)N[C@@H](C(=O)Nc2ccc(C)c(C)c2)C(C)C)cc1. The third-order valence-corrected chi connectivity index (χ3v) is 4.44. The Balaban J connectivity index is 2.08. The molecule has 0 aliphatic heterocycles. The lowest BCUT2D eigenvalue weighted by molar-refractivity contribution is -0.118. The van der Waals surface area contributed by atoms with E-state index in [1.54, 1.807) is 24.3 Å². The maximum Gasteiger partial charge on any atom is 0.251 e. The van der Waals surface area contributed by atoms with Gasteiger partial charge in [-0.25, -0.2) is 0 Å². The predicted molar refractivity (Wildman–Crippen MR) is 108 cm³/mol. The number of carbonyl (C=O) groups excluding carboxylic acids is 2. The Kier molecular flexibility index (Phi) is 6.99. The molecule has 2 rings (SSSR count). The maximum absolute atomic E-state index is 12.7. The Morgan fingerprint density at radius 1 is 1.00 bits per heavy atom. The number of hydrogen-bond donors (Lipinski definition) is 2. The molecule has 1 atom stereocenters. The summed E-state index contributed by atoms with van der Waals surface area (Å²) < 4.78 is 5.39. The molecule has 0 saturated carbocycles. The van der Waals surface area contributed by atoms with Crippen molar-refractivity contribution in [2.24, 2.45) is 5.92 Å². The van der Waals surface area contributed by atoms with E-state index in [0.717, 1.165) is 16.8 Å². The normalized spacial score (nSPS) is 11.8. The molecular weight excluding hydrogens is 340 g/mol. The monoisotopic (exact) mass is 368 g/mol. The number of benzene rings is 2. The zero-order valence-electron chi connectivity index (χ0n) is 16.6. The molecule has 0 fully saturated rings. The lowest BCUT2D eigenvalue weighted by atomic mass is 10.0. The summed E-state index contributed by atoms with van der Waals surface area (Å²) in [6, 6.07) is 12.0. The minimum atomic E-state index is -0.634. The molecule has 27 heavy (non-hydrogen) atoms. The highest BCUT2D eigenvalue weighted by Crippen LogP contribution is 2.16. The standard InChI is InChI=1S/C22H28N2O3/c1-6-27-19-11-8-17(9-12-19)21(25)24-20(14(2)3)22(26)23-18-10-7-15(4)16(5)13-18/h7-14,20H,6H2,1-5H3,(H,23,26)(H,24,25)/t20-/m1/s1. The van der Waals surface area contributed by atoms with Gasteiger partial charge in [-0.1, -0.05) is 19.9 Å². The van der Waals surface area contributed by atoms with Crippen LogP contribution in [0.4, 0.5) is 5.69 Å². The van der Waals surface area contributed by atoms with Crippen LogP contribution < -0.4 is 15.4 Å². The van der Waals surface area contributed by atoms with Crippen molar-refractivity contribution in [2.75, 3.05) is 11.9 Å². The fourth-order valence-corrected chi connectivity index (χ4v) is 2.67. The van der Waals surface area contributed by atoms with Crippen LogP contribution in [0, 0.1) is 19.8 Å². The minimum Gasteiger partial charge on any atom is -0.494 e. The highest BCUT2D eigenvalue weighted by molar-refractivity contribution is 6.01. The fourth-order valence-electron chi connectivity index (χ4n) is 2.67. The van der Waals surface area contributed by atoms with Gasteiger partial charge in [-0.05, 0) is 74.2 Å². The van der Waals surface area contributed by atoms with Crippen LogP contribution in [0.2, 0.25) is 0 Å². The molecule has 2 amide bonds. The van der Waals surface area contributed by atoms with E-state index in [1.165, 1.54) is 0 Å². The van der Waals surface area contributed by atoms with Gasteiger partial charge in [-0.15, -0.1) is 0 Å². The second-order valence-corrected chi connectivity index (χ2v) is 6.94. The van der Waals surface area contributed by atoms with Gasteiger partial charge in [0.1, 0.15) is 11.8 Å². The van der Waals surface area contributed by atoms with E-state index < -0.39 is 6.04 Å². The first-order valence-corrected chi connectivity index (χ1v) is 9.23. The van der Waals surface area contributed by atoms with Crippen molar-refractivity contribution in [3.8, 4) is 5.75 Å². The lowest BCUT2D eigenvalue weighted by Crippen LogP contribution is -2.47. The minimum absolute atomic E-state index is 0.0526. The third-order valence-electron chi connectivity index (χ3n) is 4.44. The molecule has 0 saturated heterocycles. The van der Waals surface area contributed by atoms with Crippen molar-refractivity contribution >= 4 is 17.5 Å². The Hall–Kier alpha value is -2.82. The van der Waals surface area contributed by atoms with E-state index in [4.69, 9.17) is 4.74 Å². The molecule has 144 valence electrons. The second kappa shape index (κ2) is 9.21. The highest BCUT2D eigenvalue weighted by Gasteiger charge is 2.25. The molecule has 0 bridgehead atoms. The number of carbonyl (C=O) groups is 2. The number of ether oxygens (including phenoxy) is 1. The smallest absolute Gasteiger partial charge is 0.251 e. The van der Waals surface area contributed by atoms with Gasteiger partial charge in [0.25, 0.3) is 5.91 Å². The molecule has 0 spiro atoms. The summed E-state index contributed by atoms with van der Waals surface area (Å²) in [6.45, 7) is 10.3. The van der Waals surface area contributed by atoms with E-state index in [0.29, 0.717) is 17.9 Å². The van der Waals surface area contributed by atoms with Gasteiger partial charge in [-0.2, -0.15) is 0 Å². The van der Waals surface area contributed by atoms with Gasteiger partial charge in [0.15, 0.2) is 0 Å². The second-order valence-electron chi connectivity index (χ2n) is 6.94. The Labute approximate surface area is 161 Å². The molecule has 0 aromatic heterocycles. The number of rotatable bonds is 7. The number of amides is 2. The quantitative estimate of drug-likeness (QED) is 0.773. The van der Waals surface area contributed by atoms with E-state index in [1.807, 2.05) is 52.8 Å². The van der Waals surface area contributed by atoms with Crippen molar-refractivity contribution < 1.29 is 14.3 Å². The Morgan fingerprint density at radius 3 is 2.22 bits per heavy atom. The first-order chi connectivity index (χ1) is 12.8. The van der Waals surface area contributed by atoms with Gasteiger partial charge in [0.2, 0.25) is 5.91 Å². The topological polar surface area (TPSA) is 67.4 Å². The van der Waals surface area contributed by atoms with Crippen molar-refractivity contribution in [3.63, 3.8) is 0 Å². The van der Waals surface area contributed by atoms with Gasteiger partial charge in [-0.3, -0.25) is 9.59 Å². The molecule has 0 aliphatic carbocycles. The Bertz CT molecular complexity index is 798. The summed E-state index contributed by atoms with van der Waals surface area (Å²) in [5.41, 5.74) is 3.48. The van der Waals surface area contributed by atoms with Gasteiger partial charge < -0.3 is 15.4 Å². The summed E-state index contributed by atoms with van der Waals surface area (Å²) in [5.74, 6) is 0.143. The zero-order chi connectivity index (χ0) is 20.0. The summed E-state index contributed by atoms with van der Waals surface area (Å²) >= 11 is 0. The summed E-state index contributed by atoms with van der Waals surface area (Å²) in [5, 5.41) is 5.74. The third kappa shape index (κ3) is 5.58. The summed E-state index contributed by atoms with van der Waals surface area (Å²) in [7, 11) is 0. The molecule has 0 unspecified atom stereocenters. The van der Waals surface area contributed by atoms with E-state index in [-0.39, 0.29) is 17.7 Å². The first-order valence-electron chi connectivity index (χ1n) is 9.23. The molecule has 5 heteroatoms. The number of aryl methyl sites for hydroxylation is 2. The van der Waals surface area contributed by atoms with Crippen LogP contribution in [0.3, 0.4) is 0 Å². The fraction of sp³-hybridized carbons (Fsp3) is 0.364. The van der Waals surface area contributed by atoms with Crippen LogP contribution >= 0.6 is 0 Å². The van der Waals surface area contributed by atoms with Crippen molar-refractivity contribution in [1.82, 2.24) is 5.32 Å². The molecule has 2 aromatic carbocycles.